The van der Waals surface area contributed by atoms with E-state index < -0.39 is 6.85 Å². The highest BCUT2D eigenvalue weighted by Gasteiger charge is 2.01. The van der Waals surface area contributed by atoms with Gasteiger partial charge in [0.15, 0.2) is 0 Å². The normalized spacial score (nSPS) is 15.8. The molecule has 2 heteroatoms. The van der Waals surface area contributed by atoms with Crippen molar-refractivity contribution >= 4 is 5.97 Å². The van der Waals surface area contributed by atoms with Crippen molar-refractivity contribution < 1.29 is 13.6 Å². The Labute approximate surface area is 85.2 Å². The number of hydrogen-bond donors (Lipinski definition) is 0. The van der Waals surface area contributed by atoms with E-state index in [1.807, 2.05) is 0 Å². The van der Waals surface area contributed by atoms with E-state index >= 15 is 0 Å². The molecule has 0 aliphatic rings. The zero-order valence-corrected chi connectivity index (χ0v) is 8.43. The van der Waals surface area contributed by atoms with Crippen molar-refractivity contribution in [1.29, 1.82) is 0 Å². The molecule has 0 radical (unpaired) electrons. The molecule has 0 atom stereocenters. The molecule has 13 heavy (non-hydrogen) atoms. The predicted molar refractivity (Wildman–Crippen MR) is 54.5 cm³/mol. The lowest BCUT2D eigenvalue weighted by atomic mass is 10.2. The number of carbonyl (C=O) groups excluding carboxylic acids is 1. The monoisotopic (exact) mass is 187 g/mol. The molecule has 0 aliphatic heterocycles. The van der Waals surface area contributed by atoms with Crippen molar-refractivity contribution in [3.05, 3.63) is 11.6 Å². The van der Waals surface area contributed by atoms with E-state index in [1.54, 1.807) is 6.92 Å². The highest BCUT2D eigenvalue weighted by atomic mass is 16.5. The zero-order valence-electron chi connectivity index (χ0n) is 11.4. The average molecular weight is 187 g/mol. The standard InChI is InChI=1S/C11H20O2/c1-4-6-7-8-11(12)13-9-10(3)5-2/h5H,4,6-9H2,1-3H3/b10-5+/i2D3. The Morgan fingerprint density at radius 1 is 1.54 bits per heavy atom. The van der Waals surface area contributed by atoms with Crippen LogP contribution in [0.1, 0.15) is 50.5 Å². The van der Waals surface area contributed by atoms with E-state index in [1.165, 1.54) is 0 Å². The first kappa shape index (κ1) is 7.60. The lowest BCUT2D eigenvalue weighted by Gasteiger charge is -2.03. The van der Waals surface area contributed by atoms with Crippen molar-refractivity contribution in [2.24, 2.45) is 0 Å². The maximum absolute atomic E-state index is 11.2. The van der Waals surface area contributed by atoms with E-state index in [0.29, 0.717) is 12.0 Å². The van der Waals surface area contributed by atoms with Crippen LogP contribution in [-0.2, 0) is 9.53 Å². The molecule has 0 bridgehead atoms. The predicted octanol–water partition coefficient (Wildman–Crippen LogP) is 3.08. The number of hydrogen-bond acceptors (Lipinski definition) is 2. The van der Waals surface area contributed by atoms with Gasteiger partial charge in [-0.05, 0) is 25.8 Å². The number of ether oxygens (including phenoxy) is 1. The van der Waals surface area contributed by atoms with Crippen molar-refractivity contribution in [3.63, 3.8) is 0 Å². The van der Waals surface area contributed by atoms with Gasteiger partial charge in [-0.1, -0.05) is 25.8 Å². The quantitative estimate of drug-likeness (QED) is 0.363. The van der Waals surface area contributed by atoms with E-state index in [4.69, 9.17) is 8.85 Å². The van der Waals surface area contributed by atoms with E-state index in [-0.39, 0.29) is 12.6 Å². The number of rotatable bonds is 6. The first-order valence-corrected chi connectivity index (χ1v) is 4.69. The highest BCUT2D eigenvalue weighted by molar-refractivity contribution is 5.69. The van der Waals surface area contributed by atoms with Gasteiger partial charge in [-0.15, -0.1) is 0 Å². The van der Waals surface area contributed by atoms with Crippen LogP contribution in [-0.4, -0.2) is 12.6 Å². The van der Waals surface area contributed by atoms with E-state index in [9.17, 15) is 4.79 Å². The van der Waals surface area contributed by atoms with Crippen LogP contribution in [0.5, 0.6) is 0 Å². The molecular weight excluding hydrogens is 164 g/mol. The number of carbonyl (C=O) groups is 1. The van der Waals surface area contributed by atoms with Gasteiger partial charge in [-0.3, -0.25) is 4.79 Å². The summed E-state index contributed by atoms with van der Waals surface area (Å²) in [5.41, 5.74) is 0.559. The molecule has 0 amide bonds. The summed E-state index contributed by atoms with van der Waals surface area (Å²) < 4.78 is 25.9. The molecule has 0 unspecified atom stereocenters. The minimum absolute atomic E-state index is 0.0728. The van der Waals surface area contributed by atoms with Gasteiger partial charge in [0, 0.05) is 10.5 Å². The van der Waals surface area contributed by atoms with Crippen LogP contribution in [0.15, 0.2) is 11.6 Å². The second-order valence-electron chi connectivity index (χ2n) is 3.11. The Hall–Kier alpha value is -0.790. The largest absolute Gasteiger partial charge is 0.461 e. The Balaban J connectivity index is 3.79. The third kappa shape index (κ3) is 7.57. The topological polar surface area (TPSA) is 26.3 Å². The van der Waals surface area contributed by atoms with Crippen LogP contribution in [0.4, 0.5) is 0 Å². The molecule has 0 aromatic rings. The van der Waals surface area contributed by atoms with Crippen LogP contribution in [0, 0.1) is 0 Å². The van der Waals surface area contributed by atoms with Crippen molar-refractivity contribution in [2.45, 2.75) is 46.4 Å². The first-order chi connectivity index (χ1) is 7.35. The lowest BCUT2D eigenvalue weighted by Crippen LogP contribution is -2.06. The van der Waals surface area contributed by atoms with Gasteiger partial charge < -0.3 is 4.74 Å². The van der Waals surface area contributed by atoms with E-state index in [0.717, 1.165) is 25.3 Å². The van der Waals surface area contributed by atoms with E-state index in [2.05, 4.69) is 6.92 Å². The third-order valence-corrected chi connectivity index (χ3v) is 1.69. The van der Waals surface area contributed by atoms with Crippen LogP contribution in [0.2, 0.25) is 0 Å². The smallest absolute Gasteiger partial charge is 0.306 e. The highest BCUT2D eigenvalue weighted by Crippen LogP contribution is 2.01. The summed E-state index contributed by atoms with van der Waals surface area (Å²) in [6, 6.07) is 0. The minimum atomic E-state index is -2.10. The van der Waals surface area contributed by atoms with Crippen molar-refractivity contribution in [2.75, 3.05) is 6.61 Å². The minimum Gasteiger partial charge on any atom is -0.461 e. The molecule has 0 aromatic carbocycles. The average Bonchev–Trinajstić information content (AvgIpc) is 2.12. The number of unbranched alkanes of at least 4 members (excludes halogenated alkanes) is 2. The fourth-order valence-corrected chi connectivity index (χ4v) is 0.828. The summed E-state index contributed by atoms with van der Waals surface area (Å²) in [6.45, 7) is 1.68. The van der Waals surface area contributed by atoms with Gasteiger partial charge in [0.05, 0.1) is 0 Å². The second-order valence-corrected chi connectivity index (χ2v) is 3.11. The summed E-state index contributed by atoms with van der Waals surface area (Å²) in [5, 5.41) is 0. The summed E-state index contributed by atoms with van der Waals surface area (Å²) in [7, 11) is 0. The molecule has 0 fully saturated rings. The molecule has 0 N–H and O–H groups in total. The van der Waals surface area contributed by atoms with Gasteiger partial charge in [0.2, 0.25) is 0 Å². The number of esters is 1. The molecule has 0 spiro atoms. The Bertz CT molecular complexity index is 244. The van der Waals surface area contributed by atoms with Gasteiger partial charge in [-0.25, -0.2) is 0 Å². The third-order valence-electron chi connectivity index (χ3n) is 1.69. The number of allylic oxidation sites excluding steroid dienone is 1. The van der Waals surface area contributed by atoms with Crippen LogP contribution < -0.4 is 0 Å². The molecule has 0 aliphatic carbocycles. The first-order valence-electron chi connectivity index (χ1n) is 6.19. The fourth-order valence-electron chi connectivity index (χ4n) is 0.828. The fraction of sp³-hybridized carbons (Fsp3) is 0.727. The summed E-state index contributed by atoms with van der Waals surface area (Å²) in [6.07, 6.45) is 4.46. The molecular formula is C11H20O2. The van der Waals surface area contributed by atoms with Gasteiger partial charge in [-0.2, -0.15) is 0 Å². The maximum Gasteiger partial charge on any atom is 0.306 e. The van der Waals surface area contributed by atoms with Crippen LogP contribution in [0.25, 0.3) is 0 Å². The zero-order chi connectivity index (χ0) is 12.6. The molecule has 0 heterocycles. The SMILES string of the molecule is [2H]C([2H])([2H])/C=C(\C)COC(=O)CCCCC. The van der Waals surface area contributed by atoms with Crippen molar-refractivity contribution in [1.82, 2.24) is 0 Å². The summed E-state index contributed by atoms with van der Waals surface area (Å²) in [4.78, 5) is 11.2. The van der Waals surface area contributed by atoms with Gasteiger partial charge in [0.1, 0.15) is 6.61 Å². The lowest BCUT2D eigenvalue weighted by molar-refractivity contribution is -0.142. The van der Waals surface area contributed by atoms with Gasteiger partial charge in [0.25, 0.3) is 0 Å². The summed E-state index contributed by atoms with van der Waals surface area (Å²) in [5.74, 6) is -0.258. The molecule has 0 saturated carbocycles. The molecule has 2 nitrogen and oxygen atoms in total. The van der Waals surface area contributed by atoms with Crippen LogP contribution in [0.3, 0.4) is 0 Å². The second kappa shape index (κ2) is 7.84. The van der Waals surface area contributed by atoms with Crippen molar-refractivity contribution in [3.8, 4) is 0 Å². The Morgan fingerprint density at radius 3 is 2.92 bits per heavy atom. The maximum atomic E-state index is 11.2. The van der Waals surface area contributed by atoms with Crippen LogP contribution >= 0.6 is 0 Å². The van der Waals surface area contributed by atoms with Gasteiger partial charge >= 0.3 is 5.97 Å². The Kier molecular flexibility index (Phi) is 4.58. The summed E-state index contributed by atoms with van der Waals surface area (Å²) >= 11 is 0. The molecule has 0 rings (SSSR count). The molecule has 0 aromatic heterocycles. The molecule has 76 valence electrons. The molecule has 0 saturated heterocycles. The Morgan fingerprint density at radius 2 is 2.31 bits per heavy atom.